The van der Waals surface area contributed by atoms with Crippen molar-refractivity contribution in [3.63, 3.8) is 0 Å². The summed E-state index contributed by atoms with van der Waals surface area (Å²) < 4.78 is 24.7. The van der Waals surface area contributed by atoms with Crippen molar-refractivity contribution in [2.24, 2.45) is 0 Å². The van der Waals surface area contributed by atoms with E-state index in [1.165, 1.54) is 31.8 Å². The highest BCUT2D eigenvalue weighted by Crippen LogP contribution is 2.46. The Morgan fingerprint density at radius 2 is 0.883 bits per heavy atom. The topological polar surface area (TPSA) is 83.0 Å². The third kappa shape index (κ3) is 6.34. The number of rotatable bonds is 6. The van der Waals surface area contributed by atoms with Crippen LogP contribution in [0.2, 0.25) is 0 Å². The van der Waals surface area contributed by atoms with Crippen molar-refractivity contribution in [1.82, 2.24) is 19.5 Å². The summed E-state index contributed by atoms with van der Waals surface area (Å²) in [5.74, 6) is 1.69. The molecule has 0 aliphatic heterocycles. The number of hydrogen-bond acceptors (Lipinski definition) is 7. The molecule has 7 nitrogen and oxygen atoms in total. The van der Waals surface area contributed by atoms with E-state index >= 15 is 0 Å². The number of thiophene rings is 1. The van der Waals surface area contributed by atoms with E-state index in [0.29, 0.717) is 17.5 Å². The van der Waals surface area contributed by atoms with E-state index in [4.69, 9.17) is 28.2 Å². The molecule has 358 valence electrons. The molecular formula is C69H38N4O3S. The minimum Gasteiger partial charge on any atom is -0.456 e. The molecule has 77 heavy (non-hydrogen) atoms. The first-order valence-corrected chi connectivity index (χ1v) is 26.5. The van der Waals surface area contributed by atoms with Gasteiger partial charge in [-0.25, -0.2) is 15.0 Å². The van der Waals surface area contributed by atoms with Crippen LogP contribution in [-0.2, 0) is 0 Å². The lowest BCUT2D eigenvalue weighted by Gasteiger charge is -2.10. The van der Waals surface area contributed by atoms with Crippen molar-refractivity contribution >= 4 is 119 Å². The van der Waals surface area contributed by atoms with Gasteiger partial charge in [-0.05, 0) is 102 Å². The number of aromatic nitrogens is 4. The molecule has 6 aromatic heterocycles. The largest absolute Gasteiger partial charge is 0.456 e. The normalized spacial score (nSPS) is 12.2. The molecule has 0 atom stereocenters. The van der Waals surface area contributed by atoms with Gasteiger partial charge in [0.15, 0.2) is 17.5 Å². The number of hydrogen-bond donors (Lipinski definition) is 0. The smallest absolute Gasteiger partial charge is 0.165 e. The minimum atomic E-state index is 0.546. The zero-order valence-corrected chi connectivity index (χ0v) is 41.7. The fourth-order valence-electron chi connectivity index (χ4n) is 12.0. The number of furan rings is 3. The lowest BCUT2D eigenvalue weighted by molar-refractivity contribution is 0.668. The van der Waals surface area contributed by atoms with Crippen molar-refractivity contribution in [1.29, 1.82) is 0 Å². The molecule has 0 saturated heterocycles. The first kappa shape index (κ1) is 42.2. The Morgan fingerprint density at radius 3 is 1.78 bits per heavy atom. The molecule has 0 radical (unpaired) electrons. The summed E-state index contributed by atoms with van der Waals surface area (Å²) in [4.78, 5) is 16.0. The minimum absolute atomic E-state index is 0.546. The second-order valence-corrected chi connectivity index (χ2v) is 20.8. The molecule has 0 spiro atoms. The summed E-state index contributed by atoms with van der Waals surface area (Å²) in [6.07, 6.45) is 0. The predicted molar refractivity (Wildman–Crippen MR) is 316 cm³/mol. The van der Waals surface area contributed by atoms with Gasteiger partial charge in [-0.1, -0.05) is 146 Å². The van der Waals surface area contributed by atoms with Gasteiger partial charge in [0.05, 0.1) is 11.0 Å². The molecule has 8 heteroatoms. The van der Waals surface area contributed by atoms with Crippen LogP contribution in [0, 0.1) is 0 Å². The van der Waals surface area contributed by atoms with Gasteiger partial charge in [0.2, 0.25) is 0 Å². The van der Waals surface area contributed by atoms with Crippen LogP contribution in [0.25, 0.3) is 170 Å². The van der Waals surface area contributed by atoms with Gasteiger partial charge in [0.25, 0.3) is 0 Å². The Morgan fingerprint density at radius 1 is 0.312 bits per heavy atom. The second kappa shape index (κ2) is 16.2. The highest BCUT2D eigenvalue weighted by Gasteiger charge is 2.23. The first-order valence-electron chi connectivity index (χ1n) is 25.7. The molecule has 6 heterocycles. The fraction of sp³-hybridized carbons (Fsp3) is 0. The monoisotopic (exact) mass is 1000 g/mol. The third-order valence-corrected chi connectivity index (χ3v) is 16.7. The van der Waals surface area contributed by atoms with Gasteiger partial charge >= 0.3 is 0 Å². The van der Waals surface area contributed by atoms with Gasteiger partial charge in [-0.15, -0.1) is 11.3 Å². The third-order valence-electron chi connectivity index (χ3n) is 15.5. The van der Waals surface area contributed by atoms with Gasteiger partial charge in [0, 0.05) is 91.2 Å². The Bertz CT molecular complexity index is 5310. The molecule has 11 aromatic carbocycles. The van der Waals surface area contributed by atoms with Crippen LogP contribution in [0.4, 0.5) is 0 Å². The summed E-state index contributed by atoms with van der Waals surface area (Å²) in [5, 5.41) is 10.9. The van der Waals surface area contributed by atoms with Gasteiger partial charge in [0.1, 0.15) is 33.5 Å². The molecule has 0 fully saturated rings. The summed E-state index contributed by atoms with van der Waals surface area (Å²) in [7, 11) is 0. The summed E-state index contributed by atoms with van der Waals surface area (Å²) in [6.45, 7) is 0. The number of benzene rings is 11. The first-order chi connectivity index (χ1) is 38.1. The zero-order chi connectivity index (χ0) is 50.3. The van der Waals surface area contributed by atoms with Gasteiger partial charge in [-0.2, -0.15) is 0 Å². The average Bonchev–Trinajstić information content (AvgIpc) is 4.33. The number of para-hydroxylation sites is 4. The van der Waals surface area contributed by atoms with Crippen LogP contribution < -0.4 is 0 Å². The standard InChI is InChI=1S/C69H38N4O3S/c1-2-14-42(15-3-1)73-55-25-7-4-16-45(55)53-36-40(31-34-56(53)73)44-20-10-22-50-63-43(19-12-28-60(63)76-65(44)50)39-32-35-58-54(37-39)64-51(23-13-27-59(64)74-58)68-70-67(41-30-33-47-46-17-5-8-26-57(46)75-61(47)38-41)71-69(72-68)52-24-11-21-49-48-18-6-9-29-62(48)77-66(49)52/h1-38H. The van der Waals surface area contributed by atoms with E-state index in [2.05, 4.69) is 199 Å². The van der Waals surface area contributed by atoms with Crippen LogP contribution in [0.3, 0.4) is 0 Å². The molecular weight excluding hydrogens is 965 g/mol. The lowest BCUT2D eigenvalue weighted by Crippen LogP contribution is -2.00. The summed E-state index contributed by atoms with van der Waals surface area (Å²) >= 11 is 1.76. The molecule has 0 N–H and O–H groups in total. The maximum Gasteiger partial charge on any atom is 0.165 e. The quantitative estimate of drug-likeness (QED) is 0.165. The van der Waals surface area contributed by atoms with Crippen molar-refractivity contribution in [3.8, 4) is 62.1 Å². The number of fused-ring (bicyclic) bond motifs is 15. The Hall–Kier alpha value is -10.2. The van der Waals surface area contributed by atoms with Crippen LogP contribution >= 0.6 is 11.3 Å². The highest BCUT2D eigenvalue weighted by atomic mass is 32.1. The maximum absolute atomic E-state index is 6.92. The van der Waals surface area contributed by atoms with Crippen LogP contribution in [0.15, 0.2) is 244 Å². The SMILES string of the molecule is c1ccc(-n2c3ccccc3c3cc(-c4cccc5c4oc4cccc(-c6ccc7oc8cccc(-c9nc(-c%10ccc%11c(c%10)oc%10ccccc%10%11)nc(-c%10cccc%11c%10sc%10ccccc%10%11)n9)c8c7c6)c45)ccc32)cc1. The van der Waals surface area contributed by atoms with Crippen molar-refractivity contribution in [2.45, 2.75) is 0 Å². The van der Waals surface area contributed by atoms with Crippen LogP contribution in [-0.4, -0.2) is 19.5 Å². The van der Waals surface area contributed by atoms with Crippen LogP contribution in [0.5, 0.6) is 0 Å². The molecule has 0 aliphatic rings. The van der Waals surface area contributed by atoms with E-state index in [0.717, 1.165) is 121 Å². The molecule has 17 rings (SSSR count). The zero-order valence-electron chi connectivity index (χ0n) is 40.9. The van der Waals surface area contributed by atoms with Gasteiger partial charge < -0.3 is 17.8 Å². The van der Waals surface area contributed by atoms with Crippen molar-refractivity contribution in [2.75, 3.05) is 0 Å². The van der Waals surface area contributed by atoms with E-state index in [-0.39, 0.29) is 0 Å². The van der Waals surface area contributed by atoms with Crippen molar-refractivity contribution in [3.05, 3.63) is 231 Å². The molecule has 17 aromatic rings. The molecule has 0 bridgehead atoms. The Labute approximate surface area is 442 Å². The van der Waals surface area contributed by atoms with Crippen LogP contribution in [0.1, 0.15) is 0 Å². The van der Waals surface area contributed by atoms with E-state index in [9.17, 15) is 0 Å². The Balaban J connectivity index is 0.833. The highest BCUT2D eigenvalue weighted by molar-refractivity contribution is 7.26. The predicted octanol–water partition coefficient (Wildman–Crippen LogP) is 19.4. The van der Waals surface area contributed by atoms with Gasteiger partial charge in [-0.3, -0.25) is 0 Å². The fourth-order valence-corrected chi connectivity index (χ4v) is 13.2. The maximum atomic E-state index is 6.92. The lowest BCUT2D eigenvalue weighted by atomic mass is 9.95. The molecule has 0 unspecified atom stereocenters. The molecule has 0 saturated carbocycles. The summed E-state index contributed by atoms with van der Waals surface area (Å²) in [5.41, 5.74) is 15.1. The molecule has 0 aliphatic carbocycles. The van der Waals surface area contributed by atoms with E-state index in [1.807, 2.05) is 36.4 Å². The second-order valence-electron chi connectivity index (χ2n) is 19.8. The average molecular weight is 1000 g/mol. The van der Waals surface area contributed by atoms with Crippen molar-refractivity contribution < 1.29 is 13.3 Å². The number of nitrogens with zero attached hydrogens (tertiary/aromatic N) is 4. The molecule has 0 amide bonds. The Kier molecular flexibility index (Phi) is 8.87. The van der Waals surface area contributed by atoms with E-state index in [1.54, 1.807) is 11.3 Å². The summed E-state index contributed by atoms with van der Waals surface area (Å²) in [6, 6.07) is 80.8. The van der Waals surface area contributed by atoms with E-state index < -0.39 is 0 Å².